The lowest BCUT2D eigenvalue weighted by molar-refractivity contribution is -0.216. The normalized spacial score (nSPS) is 47.4. The predicted molar refractivity (Wildman–Crippen MR) is 128 cm³/mol. The minimum Gasteiger partial charge on any atom is -0.458 e. The second-order valence-corrected chi connectivity index (χ2v) is 13.8. The zero-order valence-corrected chi connectivity index (χ0v) is 22.1. The summed E-state index contributed by atoms with van der Waals surface area (Å²) in [5.74, 6) is -0.922. The SMILES string of the molecule is Cc1ccc(S(=O)(=O)O[C@@H]2[C@@H]3O[C@]34[C@]3(O[C@H]3CC3C5=C(CC[C@@]34C)C(=O)OC5)[C@H](O)[C@]2(O)C(C)C)cc1. The Labute approximate surface area is 215 Å². The minimum absolute atomic E-state index is 0.0314. The quantitative estimate of drug-likeness (QED) is 0.338. The molecule has 2 saturated heterocycles. The number of aryl methyl sites for hydroxylation is 1. The fourth-order valence-electron chi connectivity index (χ4n) is 8.29. The van der Waals surface area contributed by atoms with E-state index in [0.717, 1.165) is 11.1 Å². The molecule has 0 amide bonds. The summed E-state index contributed by atoms with van der Waals surface area (Å²) >= 11 is 0. The number of rotatable bonds is 4. The maximum absolute atomic E-state index is 13.4. The molecule has 0 aromatic heterocycles. The van der Waals surface area contributed by atoms with Gasteiger partial charge in [-0.25, -0.2) is 4.79 Å². The molecule has 0 bridgehead atoms. The third kappa shape index (κ3) is 2.62. The first-order chi connectivity index (χ1) is 17.3. The summed E-state index contributed by atoms with van der Waals surface area (Å²) in [6, 6.07) is 6.29. The number of ether oxygens (including phenoxy) is 3. The Bertz CT molecular complexity index is 1350. The van der Waals surface area contributed by atoms with E-state index in [2.05, 4.69) is 6.92 Å². The van der Waals surface area contributed by atoms with Crippen LogP contribution in [-0.2, 0) is 33.3 Å². The van der Waals surface area contributed by atoms with Gasteiger partial charge in [0.25, 0.3) is 10.1 Å². The van der Waals surface area contributed by atoms with Crippen molar-refractivity contribution in [1.82, 2.24) is 0 Å². The molecular formula is C27H32O9S. The summed E-state index contributed by atoms with van der Waals surface area (Å²) in [7, 11) is -4.29. The van der Waals surface area contributed by atoms with E-state index in [4.69, 9.17) is 18.4 Å². The highest BCUT2D eigenvalue weighted by Crippen LogP contribution is 2.80. The standard InChI is InChI=1S/C27H32O9S/c1-13(2)25(30)20(36-37(31,32)15-7-5-14(3)6-8-15)21-27(35-21)24(4)10-9-16-17(12-33-22(16)28)18(24)11-19-26(27,34-19)23(25)29/h5-8,13,18-21,23,29-30H,9-12H2,1-4H3/t18?,19-,20+,21-,23+,24-,25-,26+,27+/m0/s1. The van der Waals surface area contributed by atoms with Crippen molar-refractivity contribution in [3.63, 3.8) is 0 Å². The maximum Gasteiger partial charge on any atom is 0.334 e. The Morgan fingerprint density at radius 2 is 1.86 bits per heavy atom. The predicted octanol–water partition coefficient (Wildman–Crippen LogP) is 1.78. The molecule has 0 radical (unpaired) electrons. The molecular weight excluding hydrogens is 500 g/mol. The zero-order chi connectivity index (χ0) is 26.3. The van der Waals surface area contributed by atoms with Gasteiger partial charge in [-0.2, -0.15) is 8.42 Å². The smallest absolute Gasteiger partial charge is 0.334 e. The van der Waals surface area contributed by atoms with E-state index in [9.17, 15) is 23.4 Å². The lowest BCUT2D eigenvalue weighted by Gasteiger charge is -2.57. The van der Waals surface area contributed by atoms with Crippen LogP contribution in [0, 0.1) is 24.2 Å². The number of epoxide rings is 2. The van der Waals surface area contributed by atoms with E-state index in [0.29, 0.717) is 24.8 Å². The molecule has 4 fully saturated rings. The Morgan fingerprint density at radius 1 is 1.16 bits per heavy atom. The van der Waals surface area contributed by atoms with Crippen molar-refractivity contribution in [1.29, 1.82) is 0 Å². The van der Waals surface area contributed by atoms with Gasteiger partial charge < -0.3 is 24.4 Å². The molecule has 9 nitrogen and oxygen atoms in total. The Balaban J connectivity index is 1.34. The second kappa shape index (κ2) is 7.03. The molecule has 37 heavy (non-hydrogen) atoms. The molecule has 6 aliphatic rings. The molecule has 2 saturated carbocycles. The summed E-state index contributed by atoms with van der Waals surface area (Å²) in [5, 5.41) is 23.9. The number of benzene rings is 1. The number of carbonyl (C=O) groups excluding carboxylic acids is 1. The van der Waals surface area contributed by atoms with E-state index in [-0.39, 0.29) is 23.4 Å². The average molecular weight is 533 g/mol. The van der Waals surface area contributed by atoms with Crippen LogP contribution in [0.25, 0.3) is 0 Å². The van der Waals surface area contributed by atoms with E-state index in [1.54, 1.807) is 26.0 Å². The molecule has 7 rings (SSSR count). The van der Waals surface area contributed by atoms with Crippen LogP contribution >= 0.6 is 0 Å². The van der Waals surface area contributed by atoms with Crippen molar-refractivity contribution in [2.45, 2.75) is 93.1 Å². The van der Waals surface area contributed by atoms with Gasteiger partial charge in [-0.15, -0.1) is 0 Å². The van der Waals surface area contributed by atoms with Gasteiger partial charge in [-0.1, -0.05) is 38.5 Å². The van der Waals surface area contributed by atoms with Crippen molar-refractivity contribution in [2.75, 3.05) is 6.61 Å². The van der Waals surface area contributed by atoms with Crippen molar-refractivity contribution in [2.24, 2.45) is 17.3 Å². The fourth-order valence-corrected chi connectivity index (χ4v) is 9.40. The Hall–Kier alpha value is -1.82. The number of esters is 1. The van der Waals surface area contributed by atoms with Gasteiger partial charge in [0, 0.05) is 11.0 Å². The summed E-state index contributed by atoms with van der Waals surface area (Å²) in [6.07, 6.45) is -2.33. The van der Waals surface area contributed by atoms with Gasteiger partial charge in [0.05, 0.1) is 11.0 Å². The summed E-state index contributed by atoms with van der Waals surface area (Å²) in [5.41, 5.74) is -2.18. The molecule has 1 unspecified atom stereocenters. The first-order valence-electron chi connectivity index (χ1n) is 13.0. The number of aliphatic hydroxyl groups is 2. The van der Waals surface area contributed by atoms with Crippen molar-refractivity contribution in [3.8, 4) is 0 Å². The number of fused-ring (bicyclic) bond motifs is 2. The molecule has 200 valence electrons. The van der Waals surface area contributed by atoms with Crippen LogP contribution < -0.4 is 0 Å². The fraction of sp³-hybridized carbons (Fsp3) is 0.667. The Morgan fingerprint density at radius 3 is 2.54 bits per heavy atom. The third-order valence-electron chi connectivity index (χ3n) is 10.4. The van der Waals surface area contributed by atoms with E-state index in [1.807, 2.05) is 6.92 Å². The number of hydrogen-bond donors (Lipinski definition) is 2. The van der Waals surface area contributed by atoms with E-state index < -0.39 is 62.7 Å². The van der Waals surface area contributed by atoms with Crippen LogP contribution in [-0.4, -0.2) is 72.4 Å². The molecule has 2 spiro atoms. The van der Waals surface area contributed by atoms with Gasteiger partial charge in [0.2, 0.25) is 0 Å². The maximum atomic E-state index is 13.4. The van der Waals surface area contributed by atoms with Gasteiger partial charge in [0.15, 0.2) is 5.60 Å². The summed E-state index contributed by atoms with van der Waals surface area (Å²) in [4.78, 5) is 12.3. The number of carbonyl (C=O) groups is 1. The first-order valence-corrected chi connectivity index (χ1v) is 14.4. The minimum atomic E-state index is -4.29. The molecule has 9 atom stereocenters. The van der Waals surface area contributed by atoms with Crippen LogP contribution in [0.1, 0.15) is 45.6 Å². The first kappa shape index (κ1) is 24.2. The van der Waals surface area contributed by atoms with Crippen LogP contribution in [0.4, 0.5) is 0 Å². The number of cyclic esters (lactones) is 1. The van der Waals surface area contributed by atoms with E-state index >= 15 is 0 Å². The van der Waals surface area contributed by atoms with Crippen LogP contribution in [0.5, 0.6) is 0 Å². The monoisotopic (exact) mass is 532 g/mol. The molecule has 10 heteroatoms. The molecule has 1 aromatic rings. The van der Waals surface area contributed by atoms with Crippen molar-refractivity contribution in [3.05, 3.63) is 41.0 Å². The third-order valence-corrected chi connectivity index (χ3v) is 11.7. The van der Waals surface area contributed by atoms with Crippen LogP contribution in [0.2, 0.25) is 0 Å². The average Bonchev–Trinajstić information content (AvgIpc) is 3.73. The zero-order valence-electron chi connectivity index (χ0n) is 21.3. The highest BCUT2D eigenvalue weighted by atomic mass is 32.2. The van der Waals surface area contributed by atoms with Gasteiger partial charge in [0.1, 0.15) is 36.1 Å². The van der Waals surface area contributed by atoms with Crippen molar-refractivity contribution >= 4 is 16.1 Å². The van der Waals surface area contributed by atoms with Gasteiger partial charge in [-0.3, -0.25) is 4.18 Å². The van der Waals surface area contributed by atoms with Gasteiger partial charge >= 0.3 is 5.97 Å². The summed E-state index contributed by atoms with van der Waals surface area (Å²) < 4.78 is 50.9. The van der Waals surface area contributed by atoms with Crippen LogP contribution in [0.3, 0.4) is 0 Å². The molecule has 3 heterocycles. The lowest BCUT2D eigenvalue weighted by atomic mass is 9.45. The molecule has 2 N–H and O–H groups in total. The highest BCUT2D eigenvalue weighted by molar-refractivity contribution is 7.86. The summed E-state index contributed by atoms with van der Waals surface area (Å²) in [6.45, 7) is 7.62. The Kier molecular flexibility index (Phi) is 4.60. The van der Waals surface area contributed by atoms with Crippen LogP contribution in [0.15, 0.2) is 40.3 Å². The topological polar surface area (TPSA) is 135 Å². The highest BCUT2D eigenvalue weighted by Gasteiger charge is 2.97. The molecule has 1 aromatic carbocycles. The molecule has 3 aliphatic carbocycles. The van der Waals surface area contributed by atoms with Gasteiger partial charge in [-0.05, 0) is 55.7 Å². The largest absolute Gasteiger partial charge is 0.458 e. The lowest BCUT2D eigenvalue weighted by Crippen LogP contribution is -2.76. The number of aliphatic hydroxyl groups excluding tert-OH is 1. The second-order valence-electron chi connectivity index (χ2n) is 12.2. The van der Waals surface area contributed by atoms with Crippen molar-refractivity contribution < 1.29 is 41.8 Å². The molecule has 3 aliphatic heterocycles. The van der Waals surface area contributed by atoms with E-state index in [1.165, 1.54) is 12.1 Å². The number of hydrogen-bond acceptors (Lipinski definition) is 9.